The molecule has 0 radical (unpaired) electrons. The fraction of sp³-hybridized carbons (Fsp3) is 0.333. The van der Waals surface area contributed by atoms with Crippen molar-refractivity contribution in [2.75, 3.05) is 6.54 Å². The molecule has 0 saturated heterocycles. The van der Waals surface area contributed by atoms with Crippen LogP contribution in [0.5, 0.6) is 0 Å². The lowest BCUT2D eigenvalue weighted by Crippen LogP contribution is -2.27. The Labute approximate surface area is 122 Å². The standard InChI is InChI=1S/C15H17N5O/c1-15(2,5-8-19-21)20-10-11(9-18-20)12-3-6-16-14-13(12)4-7-17-14/h3-4,6-7,9-10H,5,8H2,1-2H3,(H,16,17). The number of fused-ring (bicyclic) bond motifs is 1. The first-order valence-corrected chi connectivity index (χ1v) is 6.88. The van der Waals surface area contributed by atoms with E-state index in [-0.39, 0.29) is 5.54 Å². The molecule has 0 bridgehead atoms. The fourth-order valence-electron chi connectivity index (χ4n) is 2.44. The highest BCUT2D eigenvalue weighted by Gasteiger charge is 2.21. The molecule has 0 spiro atoms. The highest BCUT2D eigenvalue weighted by atomic mass is 16.3. The van der Waals surface area contributed by atoms with Crippen molar-refractivity contribution in [3.05, 3.63) is 41.8 Å². The normalized spacial score (nSPS) is 11.9. The van der Waals surface area contributed by atoms with Crippen LogP contribution in [0.15, 0.2) is 42.1 Å². The van der Waals surface area contributed by atoms with E-state index in [1.165, 1.54) is 0 Å². The van der Waals surface area contributed by atoms with E-state index in [0.29, 0.717) is 13.0 Å². The van der Waals surface area contributed by atoms with Crippen LogP contribution < -0.4 is 0 Å². The number of rotatable bonds is 5. The Hall–Kier alpha value is -2.50. The Morgan fingerprint density at radius 3 is 3.05 bits per heavy atom. The summed E-state index contributed by atoms with van der Waals surface area (Å²) >= 11 is 0. The van der Waals surface area contributed by atoms with Gasteiger partial charge in [-0.25, -0.2) is 4.98 Å². The number of H-pyrrole nitrogens is 1. The molecule has 6 heteroatoms. The van der Waals surface area contributed by atoms with Crippen molar-refractivity contribution in [1.82, 2.24) is 19.7 Å². The summed E-state index contributed by atoms with van der Waals surface area (Å²) in [6.45, 7) is 4.39. The van der Waals surface area contributed by atoms with Gasteiger partial charge in [0.1, 0.15) is 5.65 Å². The van der Waals surface area contributed by atoms with Crippen molar-refractivity contribution in [3.8, 4) is 11.1 Å². The number of nitrogens with one attached hydrogen (secondary N) is 1. The Kier molecular flexibility index (Phi) is 3.29. The van der Waals surface area contributed by atoms with E-state index in [9.17, 15) is 4.91 Å². The summed E-state index contributed by atoms with van der Waals surface area (Å²) in [6, 6.07) is 3.99. The number of aromatic amines is 1. The predicted molar refractivity (Wildman–Crippen MR) is 81.9 cm³/mol. The van der Waals surface area contributed by atoms with Crippen LogP contribution in [0, 0.1) is 4.91 Å². The Morgan fingerprint density at radius 1 is 1.38 bits per heavy atom. The molecule has 0 aliphatic carbocycles. The summed E-state index contributed by atoms with van der Waals surface area (Å²) in [5.74, 6) is 0. The second-order valence-electron chi connectivity index (χ2n) is 5.69. The van der Waals surface area contributed by atoms with Crippen molar-refractivity contribution in [2.45, 2.75) is 25.8 Å². The molecule has 6 nitrogen and oxygen atoms in total. The van der Waals surface area contributed by atoms with Crippen LogP contribution in [0.2, 0.25) is 0 Å². The highest BCUT2D eigenvalue weighted by Crippen LogP contribution is 2.28. The molecule has 3 rings (SSSR count). The van der Waals surface area contributed by atoms with Crippen LogP contribution in [0.4, 0.5) is 0 Å². The zero-order valence-electron chi connectivity index (χ0n) is 12.1. The number of nitrogens with zero attached hydrogens (tertiary/aromatic N) is 4. The molecule has 0 fully saturated rings. The highest BCUT2D eigenvalue weighted by molar-refractivity contribution is 5.92. The maximum atomic E-state index is 10.3. The molecule has 0 aliphatic rings. The molecule has 3 aromatic rings. The first kappa shape index (κ1) is 13.5. The van der Waals surface area contributed by atoms with Gasteiger partial charge in [-0.3, -0.25) is 4.68 Å². The van der Waals surface area contributed by atoms with Gasteiger partial charge in [-0.1, -0.05) is 5.18 Å². The van der Waals surface area contributed by atoms with Crippen molar-refractivity contribution in [3.63, 3.8) is 0 Å². The van der Waals surface area contributed by atoms with Crippen molar-refractivity contribution >= 4 is 11.0 Å². The van der Waals surface area contributed by atoms with Gasteiger partial charge in [0, 0.05) is 29.5 Å². The Balaban J connectivity index is 1.98. The summed E-state index contributed by atoms with van der Waals surface area (Å²) in [5.41, 5.74) is 2.76. The van der Waals surface area contributed by atoms with Crippen LogP contribution in [-0.4, -0.2) is 26.3 Å². The second-order valence-corrected chi connectivity index (χ2v) is 5.69. The number of hydrogen-bond acceptors (Lipinski definition) is 4. The Morgan fingerprint density at radius 2 is 2.24 bits per heavy atom. The zero-order valence-corrected chi connectivity index (χ0v) is 12.1. The van der Waals surface area contributed by atoms with Crippen LogP contribution >= 0.6 is 0 Å². The third kappa shape index (κ3) is 2.44. The molecule has 0 aromatic carbocycles. The average Bonchev–Trinajstić information content (AvgIpc) is 3.13. The monoisotopic (exact) mass is 283 g/mol. The Bertz CT molecular complexity index is 771. The molecule has 0 unspecified atom stereocenters. The largest absolute Gasteiger partial charge is 0.346 e. The molecule has 0 atom stereocenters. The second kappa shape index (κ2) is 5.12. The van der Waals surface area contributed by atoms with Gasteiger partial charge in [0.25, 0.3) is 0 Å². The van der Waals surface area contributed by atoms with E-state index in [2.05, 4.69) is 20.2 Å². The average molecular weight is 283 g/mol. The summed E-state index contributed by atoms with van der Waals surface area (Å²) in [7, 11) is 0. The SMILES string of the molecule is CC(C)(CCN=O)n1cc(-c2ccnc3[nH]ccc23)cn1. The summed E-state index contributed by atoms with van der Waals surface area (Å²) in [6.07, 6.45) is 8.18. The molecule has 3 aromatic heterocycles. The number of hydrogen-bond donors (Lipinski definition) is 1. The van der Waals surface area contributed by atoms with Gasteiger partial charge in [-0.15, -0.1) is 0 Å². The van der Waals surface area contributed by atoms with Crippen LogP contribution in [0.25, 0.3) is 22.2 Å². The first-order chi connectivity index (χ1) is 10.1. The lowest BCUT2D eigenvalue weighted by molar-refractivity contribution is 0.300. The molecule has 0 amide bonds. The van der Waals surface area contributed by atoms with Crippen molar-refractivity contribution < 1.29 is 0 Å². The van der Waals surface area contributed by atoms with Gasteiger partial charge in [0.05, 0.1) is 18.3 Å². The maximum absolute atomic E-state index is 10.3. The van der Waals surface area contributed by atoms with E-state index in [1.54, 1.807) is 6.20 Å². The van der Waals surface area contributed by atoms with Crippen LogP contribution in [0.3, 0.4) is 0 Å². The minimum Gasteiger partial charge on any atom is -0.346 e. The molecule has 0 saturated carbocycles. The van der Waals surface area contributed by atoms with Gasteiger partial charge in [-0.2, -0.15) is 10.0 Å². The summed E-state index contributed by atoms with van der Waals surface area (Å²) < 4.78 is 1.90. The zero-order chi connectivity index (χ0) is 14.9. The van der Waals surface area contributed by atoms with E-state index >= 15 is 0 Å². The predicted octanol–water partition coefficient (Wildman–Crippen LogP) is 3.32. The van der Waals surface area contributed by atoms with Gasteiger partial charge in [0.2, 0.25) is 0 Å². The van der Waals surface area contributed by atoms with Gasteiger partial charge < -0.3 is 4.98 Å². The number of aromatic nitrogens is 4. The lowest BCUT2D eigenvalue weighted by Gasteiger charge is -2.23. The molecule has 108 valence electrons. The van der Waals surface area contributed by atoms with Gasteiger partial charge in [-0.05, 0) is 38.0 Å². The minimum absolute atomic E-state index is 0.240. The van der Waals surface area contributed by atoms with E-state index < -0.39 is 0 Å². The topological polar surface area (TPSA) is 75.9 Å². The molecular formula is C15H17N5O. The van der Waals surface area contributed by atoms with Crippen LogP contribution in [0.1, 0.15) is 20.3 Å². The lowest BCUT2D eigenvalue weighted by atomic mass is 10.0. The third-order valence-corrected chi connectivity index (χ3v) is 3.79. The van der Waals surface area contributed by atoms with Crippen molar-refractivity contribution in [1.29, 1.82) is 0 Å². The van der Waals surface area contributed by atoms with Crippen LogP contribution in [-0.2, 0) is 5.54 Å². The van der Waals surface area contributed by atoms with Gasteiger partial charge in [0.15, 0.2) is 0 Å². The molecule has 1 N–H and O–H groups in total. The number of pyridine rings is 1. The molecule has 0 aliphatic heterocycles. The number of nitroso groups, excluding NO2 is 1. The maximum Gasteiger partial charge on any atom is 0.137 e. The fourth-order valence-corrected chi connectivity index (χ4v) is 2.44. The summed E-state index contributed by atoms with van der Waals surface area (Å²) in [4.78, 5) is 17.7. The minimum atomic E-state index is -0.240. The van der Waals surface area contributed by atoms with E-state index in [4.69, 9.17) is 0 Å². The first-order valence-electron chi connectivity index (χ1n) is 6.88. The smallest absolute Gasteiger partial charge is 0.137 e. The van der Waals surface area contributed by atoms with Crippen molar-refractivity contribution in [2.24, 2.45) is 5.18 Å². The molecular weight excluding hydrogens is 266 g/mol. The quantitative estimate of drug-likeness (QED) is 0.730. The van der Waals surface area contributed by atoms with Gasteiger partial charge >= 0.3 is 0 Å². The summed E-state index contributed by atoms with van der Waals surface area (Å²) in [5, 5.41) is 8.47. The van der Waals surface area contributed by atoms with E-state index in [1.807, 2.05) is 49.3 Å². The third-order valence-electron chi connectivity index (χ3n) is 3.79. The molecule has 21 heavy (non-hydrogen) atoms. The molecule has 3 heterocycles. The van der Waals surface area contributed by atoms with E-state index in [0.717, 1.165) is 22.2 Å².